The Bertz CT molecular complexity index is 936. The summed E-state index contributed by atoms with van der Waals surface area (Å²) in [6.45, 7) is 2.78. The monoisotopic (exact) mass is 389 g/mol. The highest BCUT2D eigenvalue weighted by Gasteiger charge is 2.27. The van der Waals surface area contributed by atoms with E-state index < -0.39 is 15.9 Å². The van der Waals surface area contributed by atoms with E-state index in [1.54, 1.807) is 19.1 Å². The molecule has 0 aliphatic carbocycles. The molecule has 0 bridgehead atoms. The van der Waals surface area contributed by atoms with Crippen molar-refractivity contribution in [1.29, 1.82) is 0 Å². The molecule has 0 unspecified atom stereocenters. The largest absolute Gasteiger partial charge is 0.619 e. The molecule has 7 nitrogen and oxygen atoms in total. The molecule has 1 saturated heterocycles. The summed E-state index contributed by atoms with van der Waals surface area (Å²) in [5.74, 6) is -0.470. The van der Waals surface area contributed by atoms with Gasteiger partial charge in [0.05, 0.1) is 4.90 Å². The number of anilines is 1. The minimum absolute atomic E-state index is 0.199. The topological polar surface area (TPSA) is 93.4 Å². The van der Waals surface area contributed by atoms with Crippen LogP contribution in [0.4, 0.5) is 5.69 Å². The zero-order valence-corrected chi connectivity index (χ0v) is 16.0. The van der Waals surface area contributed by atoms with Crippen molar-refractivity contribution in [1.82, 2.24) is 4.31 Å². The van der Waals surface area contributed by atoms with E-state index in [4.69, 9.17) is 0 Å². The number of amides is 1. The van der Waals surface area contributed by atoms with Crippen molar-refractivity contribution < 1.29 is 17.9 Å². The fraction of sp³-hybridized carbons (Fsp3) is 0.368. The zero-order valence-electron chi connectivity index (χ0n) is 15.2. The van der Waals surface area contributed by atoms with Crippen LogP contribution in [0.15, 0.2) is 47.6 Å². The van der Waals surface area contributed by atoms with Gasteiger partial charge in [0.25, 0.3) is 5.91 Å². The molecule has 0 radical (unpaired) electrons. The van der Waals surface area contributed by atoms with Crippen LogP contribution in [0.25, 0.3) is 0 Å². The maximum absolute atomic E-state index is 13.1. The van der Waals surface area contributed by atoms with Crippen LogP contribution in [-0.4, -0.2) is 31.7 Å². The molecule has 1 aliphatic rings. The minimum atomic E-state index is -3.62. The lowest BCUT2D eigenvalue weighted by Gasteiger charge is -2.21. The van der Waals surface area contributed by atoms with E-state index in [1.165, 1.54) is 34.9 Å². The molecule has 3 rings (SSSR count). The number of aromatic nitrogens is 1. The van der Waals surface area contributed by atoms with Crippen molar-refractivity contribution in [2.24, 2.45) is 0 Å². The van der Waals surface area contributed by atoms with Crippen LogP contribution in [0.2, 0.25) is 0 Å². The van der Waals surface area contributed by atoms with Gasteiger partial charge in [0.15, 0.2) is 12.4 Å². The highest BCUT2D eigenvalue weighted by molar-refractivity contribution is 7.89. The van der Waals surface area contributed by atoms with Crippen molar-refractivity contribution in [3.8, 4) is 0 Å². The van der Waals surface area contributed by atoms with Gasteiger partial charge in [-0.3, -0.25) is 4.79 Å². The Balaban J connectivity index is 1.86. The molecule has 1 N–H and O–H groups in total. The average molecular weight is 389 g/mol. The van der Waals surface area contributed by atoms with Gasteiger partial charge >= 0.3 is 0 Å². The van der Waals surface area contributed by atoms with E-state index in [2.05, 4.69) is 5.32 Å². The summed E-state index contributed by atoms with van der Waals surface area (Å²) in [6.07, 6.45) is 6.25. The number of carbonyl (C=O) groups excluding carboxylic acids is 1. The number of benzene rings is 1. The molecule has 27 heavy (non-hydrogen) atoms. The Labute approximate surface area is 159 Å². The fourth-order valence-corrected chi connectivity index (χ4v) is 4.94. The van der Waals surface area contributed by atoms with Gasteiger partial charge < -0.3 is 10.5 Å². The number of nitrogens with one attached hydrogen (secondary N) is 1. The van der Waals surface area contributed by atoms with Crippen LogP contribution in [-0.2, 0) is 10.0 Å². The SMILES string of the molecule is Cc1ccc(NC(=O)c2ccc[n+]([O-])c2)cc1S(=O)(=O)N1CCCCCC1. The van der Waals surface area contributed by atoms with Crippen LogP contribution >= 0.6 is 0 Å². The molecule has 1 aromatic heterocycles. The number of carbonyl (C=O) groups is 1. The summed E-state index contributed by atoms with van der Waals surface area (Å²) in [6, 6.07) is 7.82. The number of pyridine rings is 1. The highest BCUT2D eigenvalue weighted by atomic mass is 32.2. The van der Waals surface area contributed by atoms with Crippen molar-refractivity contribution in [2.45, 2.75) is 37.5 Å². The highest BCUT2D eigenvalue weighted by Crippen LogP contribution is 2.26. The summed E-state index contributed by atoms with van der Waals surface area (Å²) in [5.41, 5.74) is 1.21. The molecule has 2 aromatic rings. The van der Waals surface area contributed by atoms with Crippen molar-refractivity contribution in [3.63, 3.8) is 0 Å². The van der Waals surface area contributed by atoms with Gasteiger partial charge in [-0.25, -0.2) is 8.42 Å². The summed E-state index contributed by atoms with van der Waals surface area (Å²) in [7, 11) is -3.62. The summed E-state index contributed by atoms with van der Waals surface area (Å²) < 4.78 is 28.2. The number of aryl methyl sites for hydroxylation is 1. The molecule has 0 spiro atoms. The Morgan fingerprint density at radius 3 is 2.52 bits per heavy atom. The Morgan fingerprint density at radius 1 is 1.15 bits per heavy atom. The van der Waals surface area contributed by atoms with E-state index >= 15 is 0 Å². The molecule has 0 atom stereocenters. The molecule has 0 saturated carbocycles. The molecular weight excluding hydrogens is 366 g/mol. The first-order valence-corrected chi connectivity index (χ1v) is 10.4. The molecule has 144 valence electrons. The maximum atomic E-state index is 13.1. The number of hydrogen-bond donors (Lipinski definition) is 1. The Morgan fingerprint density at radius 2 is 1.85 bits per heavy atom. The average Bonchev–Trinajstić information content (AvgIpc) is 2.93. The van der Waals surface area contributed by atoms with Crippen LogP contribution in [0, 0.1) is 12.1 Å². The Hall–Kier alpha value is -2.45. The quantitative estimate of drug-likeness (QED) is 0.642. The number of nitrogens with zero attached hydrogens (tertiary/aromatic N) is 2. The van der Waals surface area contributed by atoms with E-state index in [0.717, 1.165) is 25.7 Å². The van der Waals surface area contributed by atoms with Gasteiger partial charge in [-0.2, -0.15) is 9.04 Å². The smallest absolute Gasteiger partial charge is 0.261 e. The third-order valence-corrected chi connectivity index (χ3v) is 6.71. The van der Waals surface area contributed by atoms with E-state index in [9.17, 15) is 18.4 Å². The predicted octanol–water partition coefficient (Wildman–Crippen LogP) is 2.45. The molecular formula is C19H23N3O4S. The maximum Gasteiger partial charge on any atom is 0.261 e. The summed E-state index contributed by atoms with van der Waals surface area (Å²) in [4.78, 5) is 12.5. The second kappa shape index (κ2) is 8.06. The van der Waals surface area contributed by atoms with Gasteiger partial charge in [0, 0.05) is 24.8 Å². The van der Waals surface area contributed by atoms with E-state index in [-0.39, 0.29) is 10.5 Å². The van der Waals surface area contributed by atoms with Crippen molar-refractivity contribution in [2.75, 3.05) is 18.4 Å². The summed E-state index contributed by atoms with van der Waals surface area (Å²) >= 11 is 0. The van der Waals surface area contributed by atoms with Gasteiger partial charge in [-0.05, 0) is 43.5 Å². The molecule has 2 heterocycles. The van der Waals surface area contributed by atoms with Crippen LogP contribution in [0.1, 0.15) is 41.6 Å². The summed E-state index contributed by atoms with van der Waals surface area (Å²) in [5, 5.41) is 14.0. The van der Waals surface area contributed by atoms with Gasteiger partial charge in [0.1, 0.15) is 5.56 Å². The predicted molar refractivity (Wildman–Crippen MR) is 102 cm³/mol. The second-order valence-electron chi connectivity index (χ2n) is 6.71. The Kier molecular flexibility index (Phi) is 5.76. The van der Waals surface area contributed by atoms with Crippen molar-refractivity contribution in [3.05, 3.63) is 59.1 Å². The fourth-order valence-electron chi connectivity index (χ4n) is 3.17. The number of rotatable bonds is 4. The molecule has 8 heteroatoms. The van der Waals surface area contributed by atoms with Crippen LogP contribution in [0.5, 0.6) is 0 Å². The second-order valence-corrected chi connectivity index (χ2v) is 8.61. The molecule has 1 amide bonds. The van der Waals surface area contributed by atoms with Crippen LogP contribution < -0.4 is 10.0 Å². The van der Waals surface area contributed by atoms with E-state index in [0.29, 0.717) is 29.1 Å². The molecule has 1 aromatic carbocycles. The minimum Gasteiger partial charge on any atom is -0.619 e. The standard InChI is InChI=1S/C19H23N3O4S/c1-15-8-9-17(20-19(23)16-7-6-10-21(24)14-16)13-18(15)27(25,26)22-11-4-2-3-5-12-22/h6-10,13-14H,2-5,11-12H2,1H3,(H,20,23). The molecule has 1 aliphatic heterocycles. The first-order valence-electron chi connectivity index (χ1n) is 8.99. The number of hydrogen-bond acceptors (Lipinski definition) is 4. The van der Waals surface area contributed by atoms with Gasteiger partial charge in [0.2, 0.25) is 10.0 Å². The first-order chi connectivity index (χ1) is 12.9. The normalized spacial score (nSPS) is 15.9. The third-order valence-electron chi connectivity index (χ3n) is 4.67. The lowest BCUT2D eigenvalue weighted by atomic mass is 10.2. The lowest BCUT2D eigenvalue weighted by Crippen LogP contribution is -2.32. The van der Waals surface area contributed by atoms with Crippen LogP contribution in [0.3, 0.4) is 0 Å². The van der Waals surface area contributed by atoms with Gasteiger partial charge in [-0.15, -0.1) is 0 Å². The van der Waals surface area contributed by atoms with Crippen molar-refractivity contribution >= 4 is 21.6 Å². The zero-order chi connectivity index (χ0) is 19.4. The first kappa shape index (κ1) is 19.3. The van der Waals surface area contributed by atoms with Gasteiger partial charge in [-0.1, -0.05) is 18.9 Å². The van der Waals surface area contributed by atoms with E-state index in [1.807, 2.05) is 0 Å². The third kappa shape index (κ3) is 4.45. The lowest BCUT2D eigenvalue weighted by molar-refractivity contribution is -0.605. The number of sulfonamides is 1. The molecule has 1 fully saturated rings.